The van der Waals surface area contributed by atoms with Crippen LogP contribution in [0.2, 0.25) is 0 Å². The Hall–Kier alpha value is -0.420. The summed E-state index contributed by atoms with van der Waals surface area (Å²) in [6, 6.07) is 0. The Bertz CT molecular complexity index is 342. The molecule has 1 unspecified atom stereocenters. The molecule has 0 saturated carbocycles. The van der Waals surface area contributed by atoms with E-state index in [1.54, 1.807) is 0 Å². The highest BCUT2D eigenvalue weighted by atomic mass is 31.2. The van der Waals surface area contributed by atoms with Crippen molar-refractivity contribution in [2.75, 3.05) is 0 Å². The Labute approximate surface area is 108 Å². The van der Waals surface area contributed by atoms with Gasteiger partial charge >= 0.3 is 7.82 Å². The van der Waals surface area contributed by atoms with Gasteiger partial charge in [-0.15, -0.1) is 0 Å². The number of carbonyl (C=O) groups excluding carboxylic acids is 1. The van der Waals surface area contributed by atoms with E-state index < -0.39 is 25.4 Å². The summed E-state index contributed by atoms with van der Waals surface area (Å²) in [6.45, 7) is 11.2. The molecule has 0 aromatic heterocycles. The van der Waals surface area contributed by atoms with Crippen LogP contribution < -0.4 is 5.32 Å². The van der Waals surface area contributed by atoms with Gasteiger partial charge in [0.25, 0.3) is 0 Å². The van der Waals surface area contributed by atoms with Crippen molar-refractivity contribution in [2.45, 2.75) is 59.6 Å². The van der Waals surface area contributed by atoms with Crippen LogP contribution in [0.4, 0.5) is 0 Å². The number of hydrogen-bond acceptors (Lipinski definition) is 3. The van der Waals surface area contributed by atoms with Crippen LogP contribution in [-0.2, 0) is 13.9 Å². The predicted octanol–water partition coefficient (Wildman–Crippen LogP) is 1.82. The summed E-state index contributed by atoms with van der Waals surface area (Å²) in [5.74, 6) is -0.535. The molecule has 108 valence electrons. The summed E-state index contributed by atoms with van der Waals surface area (Å²) >= 11 is 0. The van der Waals surface area contributed by atoms with Gasteiger partial charge in [0.15, 0.2) is 0 Å². The largest absolute Gasteiger partial charge is 0.470 e. The highest BCUT2D eigenvalue weighted by molar-refractivity contribution is 7.46. The lowest BCUT2D eigenvalue weighted by atomic mass is 9.82. The molecule has 0 rings (SSSR count). The standard InChI is InChI=1S/C11H24NO5P/c1-8(17-18(14,15)16)9(13)12-11(5,6)7-10(2,3)4/h8H,7H2,1-6H3,(H,12,13)(H2,14,15,16). The van der Waals surface area contributed by atoms with Gasteiger partial charge in [-0.1, -0.05) is 20.8 Å². The first-order valence-electron chi connectivity index (χ1n) is 5.78. The molecule has 0 radical (unpaired) electrons. The summed E-state index contributed by atoms with van der Waals surface area (Å²) in [4.78, 5) is 29.0. The molecule has 0 aliphatic rings. The molecule has 18 heavy (non-hydrogen) atoms. The van der Waals surface area contributed by atoms with Crippen LogP contribution in [-0.4, -0.2) is 27.3 Å². The van der Waals surface area contributed by atoms with Gasteiger partial charge in [-0.2, -0.15) is 0 Å². The van der Waals surface area contributed by atoms with E-state index in [4.69, 9.17) is 9.79 Å². The quantitative estimate of drug-likeness (QED) is 0.668. The minimum absolute atomic E-state index is 0.0319. The van der Waals surface area contributed by atoms with Crippen LogP contribution in [0.3, 0.4) is 0 Å². The lowest BCUT2D eigenvalue weighted by Crippen LogP contribution is -2.49. The van der Waals surface area contributed by atoms with E-state index in [9.17, 15) is 9.36 Å². The molecule has 1 amide bonds. The van der Waals surface area contributed by atoms with Crippen molar-refractivity contribution in [3.8, 4) is 0 Å². The van der Waals surface area contributed by atoms with Crippen molar-refractivity contribution in [1.82, 2.24) is 5.32 Å². The smallest absolute Gasteiger partial charge is 0.349 e. The minimum Gasteiger partial charge on any atom is -0.349 e. The van der Waals surface area contributed by atoms with Gasteiger partial charge < -0.3 is 15.1 Å². The van der Waals surface area contributed by atoms with Crippen molar-refractivity contribution in [2.24, 2.45) is 5.41 Å². The van der Waals surface area contributed by atoms with Gasteiger partial charge in [0.05, 0.1) is 0 Å². The van der Waals surface area contributed by atoms with Crippen LogP contribution in [0, 0.1) is 5.41 Å². The second-order valence-corrected chi connectivity index (χ2v) is 7.54. The monoisotopic (exact) mass is 281 g/mol. The molecule has 6 nitrogen and oxygen atoms in total. The Balaban J connectivity index is 4.51. The molecular formula is C11H24NO5P. The zero-order chi connectivity index (χ0) is 14.8. The Morgan fingerprint density at radius 3 is 2.06 bits per heavy atom. The van der Waals surface area contributed by atoms with Crippen molar-refractivity contribution in [3.05, 3.63) is 0 Å². The number of amides is 1. The molecule has 1 atom stereocenters. The highest BCUT2D eigenvalue weighted by Crippen LogP contribution is 2.37. The van der Waals surface area contributed by atoms with Gasteiger partial charge in [0.1, 0.15) is 6.10 Å². The van der Waals surface area contributed by atoms with Gasteiger partial charge in [-0.05, 0) is 32.6 Å². The highest BCUT2D eigenvalue weighted by Gasteiger charge is 2.31. The zero-order valence-electron chi connectivity index (χ0n) is 11.9. The Morgan fingerprint density at radius 2 is 1.72 bits per heavy atom. The molecule has 0 spiro atoms. The fourth-order valence-electron chi connectivity index (χ4n) is 2.06. The third-order valence-corrected chi connectivity index (χ3v) is 2.69. The number of phosphoric ester groups is 1. The summed E-state index contributed by atoms with van der Waals surface area (Å²) in [7, 11) is -4.64. The average Bonchev–Trinajstić information content (AvgIpc) is 1.93. The lowest BCUT2D eigenvalue weighted by molar-refractivity contribution is -0.130. The number of phosphoric acid groups is 1. The fraction of sp³-hybridized carbons (Fsp3) is 0.909. The third-order valence-electron chi connectivity index (χ3n) is 2.10. The van der Waals surface area contributed by atoms with E-state index in [0.29, 0.717) is 0 Å². The number of hydrogen-bond donors (Lipinski definition) is 3. The molecule has 0 saturated heterocycles. The van der Waals surface area contributed by atoms with Gasteiger partial charge in [0, 0.05) is 5.54 Å². The lowest BCUT2D eigenvalue weighted by Gasteiger charge is -2.34. The number of carbonyl (C=O) groups is 1. The maximum absolute atomic E-state index is 11.7. The van der Waals surface area contributed by atoms with Crippen molar-refractivity contribution < 1.29 is 23.7 Å². The minimum atomic E-state index is -4.64. The van der Waals surface area contributed by atoms with Crippen molar-refractivity contribution in [1.29, 1.82) is 0 Å². The van der Waals surface area contributed by atoms with E-state index in [2.05, 4.69) is 30.6 Å². The van der Waals surface area contributed by atoms with Crippen molar-refractivity contribution >= 4 is 13.7 Å². The third kappa shape index (κ3) is 8.64. The molecule has 0 aliphatic heterocycles. The van der Waals surface area contributed by atoms with Gasteiger partial charge in [0.2, 0.25) is 5.91 Å². The summed E-state index contributed by atoms with van der Waals surface area (Å²) in [5.41, 5.74) is -0.439. The average molecular weight is 281 g/mol. The summed E-state index contributed by atoms with van der Waals surface area (Å²) < 4.78 is 15.0. The van der Waals surface area contributed by atoms with E-state index in [-0.39, 0.29) is 5.41 Å². The van der Waals surface area contributed by atoms with Crippen LogP contribution >= 0.6 is 7.82 Å². The second-order valence-electron chi connectivity index (χ2n) is 6.35. The first kappa shape index (κ1) is 17.6. The molecule has 0 aromatic rings. The maximum Gasteiger partial charge on any atom is 0.470 e. The second kappa shape index (κ2) is 5.70. The molecule has 0 heterocycles. The zero-order valence-corrected chi connectivity index (χ0v) is 12.7. The van der Waals surface area contributed by atoms with Gasteiger partial charge in [-0.3, -0.25) is 9.32 Å². The van der Waals surface area contributed by atoms with Gasteiger partial charge in [-0.25, -0.2) is 4.57 Å². The van der Waals surface area contributed by atoms with E-state index >= 15 is 0 Å². The van der Waals surface area contributed by atoms with Crippen LogP contribution in [0.1, 0.15) is 48.0 Å². The predicted molar refractivity (Wildman–Crippen MR) is 68.9 cm³/mol. The molecule has 3 N–H and O–H groups in total. The molecule has 0 aromatic carbocycles. The topological polar surface area (TPSA) is 95.9 Å². The molecular weight excluding hydrogens is 257 g/mol. The van der Waals surface area contributed by atoms with E-state index in [0.717, 1.165) is 6.42 Å². The van der Waals surface area contributed by atoms with E-state index in [1.807, 2.05) is 13.8 Å². The Kier molecular flexibility index (Phi) is 5.56. The molecule has 0 fully saturated rings. The maximum atomic E-state index is 11.7. The SMILES string of the molecule is CC(OP(=O)(O)O)C(=O)NC(C)(C)CC(C)(C)C. The summed E-state index contributed by atoms with van der Waals surface area (Å²) in [5, 5.41) is 2.73. The number of rotatable bonds is 5. The first-order valence-corrected chi connectivity index (χ1v) is 7.31. The van der Waals surface area contributed by atoms with E-state index in [1.165, 1.54) is 6.92 Å². The Morgan fingerprint density at radius 1 is 1.28 bits per heavy atom. The first-order chi connectivity index (χ1) is 7.72. The van der Waals surface area contributed by atoms with Crippen LogP contribution in [0.5, 0.6) is 0 Å². The molecule has 0 aliphatic carbocycles. The molecule has 0 bridgehead atoms. The normalized spacial score (nSPS) is 15.3. The van der Waals surface area contributed by atoms with Crippen LogP contribution in [0.15, 0.2) is 0 Å². The van der Waals surface area contributed by atoms with Crippen LogP contribution in [0.25, 0.3) is 0 Å². The van der Waals surface area contributed by atoms with Crippen molar-refractivity contribution in [3.63, 3.8) is 0 Å². The number of nitrogens with one attached hydrogen (secondary N) is 1. The summed E-state index contributed by atoms with van der Waals surface area (Å²) in [6.07, 6.45) is -0.459. The fourth-order valence-corrected chi connectivity index (χ4v) is 2.57. The molecule has 7 heteroatoms.